The van der Waals surface area contributed by atoms with Crippen LogP contribution in [0.3, 0.4) is 0 Å². The second-order valence-electron chi connectivity index (χ2n) is 11.5. The van der Waals surface area contributed by atoms with Crippen molar-refractivity contribution in [2.24, 2.45) is 10.8 Å². The molecule has 0 saturated heterocycles. The molecule has 1 N–H and O–H groups in total. The first-order chi connectivity index (χ1) is 18.0. The lowest BCUT2D eigenvalue weighted by Crippen LogP contribution is -2.24. The van der Waals surface area contributed by atoms with Crippen molar-refractivity contribution in [3.63, 3.8) is 0 Å². The SMILES string of the molecule is COC(=O)c1cc2ccccc2c(-c2c(O)ccc3c(C4=C(C(C)(C)C)C(C)(C)CO4)cccc23)c1OC. The molecule has 0 unspecified atom stereocenters. The number of phenols is 1. The summed E-state index contributed by atoms with van der Waals surface area (Å²) < 4.78 is 17.3. The summed E-state index contributed by atoms with van der Waals surface area (Å²) in [5.41, 5.74) is 3.58. The number of benzene rings is 4. The first kappa shape index (κ1) is 25.7. The Balaban J connectivity index is 1.91. The summed E-state index contributed by atoms with van der Waals surface area (Å²) in [6.45, 7) is 11.7. The molecule has 0 fully saturated rings. The highest BCUT2D eigenvalue weighted by atomic mass is 16.5. The summed E-state index contributed by atoms with van der Waals surface area (Å²) in [5, 5.41) is 14.8. The van der Waals surface area contributed by atoms with Crippen molar-refractivity contribution in [3.8, 4) is 22.6 Å². The summed E-state index contributed by atoms with van der Waals surface area (Å²) in [5.74, 6) is 0.843. The minimum Gasteiger partial charge on any atom is -0.507 e. The Morgan fingerprint density at radius 3 is 2.32 bits per heavy atom. The van der Waals surface area contributed by atoms with Gasteiger partial charge in [0.1, 0.15) is 22.8 Å². The topological polar surface area (TPSA) is 65.0 Å². The minimum absolute atomic E-state index is 0.0918. The van der Waals surface area contributed by atoms with E-state index in [2.05, 4.69) is 40.7 Å². The van der Waals surface area contributed by atoms with Crippen molar-refractivity contribution < 1.29 is 24.1 Å². The molecule has 0 atom stereocenters. The van der Waals surface area contributed by atoms with Crippen molar-refractivity contribution in [1.82, 2.24) is 0 Å². The molecule has 0 amide bonds. The monoisotopic (exact) mass is 510 g/mol. The van der Waals surface area contributed by atoms with Gasteiger partial charge in [-0.25, -0.2) is 4.79 Å². The van der Waals surface area contributed by atoms with E-state index in [9.17, 15) is 9.90 Å². The Morgan fingerprint density at radius 2 is 1.63 bits per heavy atom. The Hall–Kier alpha value is -3.99. The number of aromatic hydroxyl groups is 1. The van der Waals surface area contributed by atoms with Crippen LogP contribution in [-0.2, 0) is 9.47 Å². The molecule has 0 aromatic heterocycles. The third-order valence-corrected chi connectivity index (χ3v) is 7.38. The average Bonchev–Trinajstić information content (AvgIpc) is 3.22. The van der Waals surface area contributed by atoms with Crippen molar-refractivity contribution >= 4 is 33.3 Å². The van der Waals surface area contributed by atoms with Crippen LogP contribution in [0.4, 0.5) is 0 Å². The maximum Gasteiger partial charge on any atom is 0.341 e. The van der Waals surface area contributed by atoms with E-state index in [4.69, 9.17) is 14.2 Å². The van der Waals surface area contributed by atoms with E-state index in [1.165, 1.54) is 19.8 Å². The third-order valence-electron chi connectivity index (χ3n) is 7.38. The number of hydrogen-bond acceptors (Lipinski definition) is 5. The first-order valence-electron chi connectivity index (χ1n) is 12.8. The maximum atomic E-state index is 12.8. The Kier molecular flexibility index (Phi) is 6.13. The summed E-state index contributed by atoms with van der Waals surface area (Å²) in [4.78, 5) is 12.8. The molecule has 5 nitrogen and oxygen atoms in total. The normalized spacial score (nSPS) is 15.1. The quantitative estimate of drug-likeness (QED) is 0.282. The van der Waals surface area contributed by atoms with Gasteiger partial charge in [-0.2, -0.15) is 0 Å². The largest absolute Gasteiger partial charge is 0.507 e. The van der Waals surface area contributed by atoms with E-state index in [1.54, 1.807) is 12.1 Å². The average molecular weight is 511 g/mol. The Labute approximate surface area is 223 Å². The fourth-order valence-electron chi connectivity index (χ4n) is 6.13. The van der Waals surface area contributed by atoms with Gasteiger partial charge < -0.3 is 19.3 Å². The second kappa shape index (κ2) is 9.09. The number of carbonyl (C=O) groups excluding carboxylic acids is 1. The maximum absolute atomic E-state index is 12.8. The van der Waals surface area contributed by atoms with Crippen molar-refractivity contribution in [1.29, 1.82) is 0 Å². The predicted octanol–water partition coefficient (Wildman–Crippen LogP) is 7.97. The first-order valence-corrected chi connectivity index (χ1v) is 12.8. The molecule has 0 aliphatic carbocycles. The number of fused-ring (bicyclic) bond motifs is 2. The van der Waals surface area contributed by atoms with Crippen LogP contribution < -0.4 is 4.74 Å². The summed E-state index contributed by atoms with van der Waals surface area (Å²) >= 11 is 0. The number of methoxy groups -OCH3 is 2. The summed E-state index contributed by atoms with van der Waals surface area (Å²) in [6, 6.07) is 19.2. The molecular weight excluding hydrogens is 476 g/mol. The van der Waals surface area contributed by atoms with E-state index in [1.807, 2.05) is 42.5 Å². The van der Waals surface area contributed by atoms with Gasteiger partial charge in [-0.1, -0.05) is 77.1 Å². The lowest BCUT2D eigenvalue weighted by Gasteiger charge is -2.31. The van der Waals surface area contributed by atoms with Gasteiger partial charge in [0, 0.05) is 22.1 Å². The molecule has 4 aromatic carbocycles. The molecule has 0 bridgehead atoms. The minimum atomic E-state index is -0.504. The molecule has 0 saturated carbocycles. The van der Waals surface area contributed by atoms with Gasteiger partial charge in [0.05, 0.1) is 20.8 Å². The second-order valence-corrected chi connectivity index (χ2v) is 11.5. The van der Waals surface area contributed by atoms with Gasteiger partial charge in [-0.05, 0) is 50.7 Å². The summed E-state index contributed by atoms with van der Waals surface area (Å²) in [7, 11) is 2.88. The van der Waals surface area contributed by atoms with Crippen LogP contribution in [0.5, 0.6) is 11.5 Å². The number of hydrogen-bond donors (Lipinski definition) is 1. The van der Waals surface area contributed by atoms with Gasteiger partial charge in [-0.3, -0.25) is 0 Å². The molecule has 0 radical (unpaired) electrons. The molecule has 38 heavy (non-hydrogen) atoms. The number of esters is 1. The molecule has 1 aliphatic rings. The number of rotatable bonds is 4. The molecule has 5 rings (SSSR count). The number of carbonyl (C=O) groups is 1. The van der Waals surface area contributed by atoms with E-state index in [0.29, 0.717) is 29.0 Å². The fourth-order valence-corrected chi connectivity index (χ4v) is 6.13. The van der Waals surface area contributed by atoms with Crippen LogP contribution >= 0.6 is 0 Å². The van der Waals surface area contributed by atoms with Crippen molar-refractivity contribution in [2.75, 3.05) is 20.8 Å². The number of ether oxygens (including phenoxy) is 3. The fraction of sp³-hybridized carbons (Fsp3) is 0.303. The van der Waals surface area contributed by atoms with Gasteiger partial charge in [0.15, 0.2) is 0 Å². The van der Waals surface area contributed by atoms with E-state index in [0.717, 1.165) is 32.9 Å². The van der Waals surface area contributed by atoms with Gasteiger partial charge in [0.2, 0.25) is 0 Å². The van der Waals surface area contributed by atoms with Crippen LogP contribution in [0.2, 0.25) is 0 Å². The molecule has 5 heteroatoms. The van der Waals surface area contributed by atoms with Gasteiger partial charge in [0.25, 0.3) is 0 Å². The zero-order valence-electron chi connectivity index (χ0n) is 23.1. The zero-order chi connectivity index (χ0) is 27.4. The van der Waals surface area contributed by atoms with Crippen LogP contribution in [-0.4, -0.2) is 31.9 Å². The Morgan fingerprint density at radius 1 is 0.921 bits per heavy atom. The number of phenolic OH excluding ortho intramolecular Hbond substituents is 1. The molecule has 0 spiro atoms. The molecule has 196 valence electrons. The molecule has 4 aromatic rings. The highest BCUT2D eigenvalue weighted by Gasteiger charge is 2.41. The van der Waals surface area contributed by atoms with E-state index >= 15 is 0 Å². The van der Waals surface area contributed by atoms with Gasteiger partial charge >= 0.3 is 5.97 Å². The van der Waals surface area contributed by atoms with E-state index in [-0.39, 0.29) is 16.6 Å². The van der Waals surface area contributed by atoms with E-state index < -0.39 is 5.97 Å². The lowest BCUT2D eigenvalue weighted by atomic mass is 9.71. The molecule has 1 aliphatic heterocycles. The van der Waals surface area contributed by atoms with Crippen LogP contribution in [0.1, 0.15) is 50.5 Å². The van der Waals surface area contributed by atoms with Crippen LogP contribution in [0, 0.1) is 10.8 Å². The van der Waals surface area contributed by atoms with Gasteiger partial charge in [-0.15, -0.1) is 0 Å². The smallest absolute Gasteiger partial charge is 0.341 e. The lowest BCUT2D eigenvalue weighted by molar-refractivity contribution is 0.0597. The predicted molar refractivity (Wildman–Crippen MR) is 153 cm³/mol. The highest BCUT2D eigenvalue weighted by Crippen LogP contribution is 2.52. The van der Waals surface area contributed by atoms with Crippen molar-refractivity contribution in [2.45, 2.75) is 34.6 Å². The Bertz CT molecular complexity index is 1620. The third kappa shape index (κ3) is 3.97. The highest BCUT2D eigenvalue weighted by molar-refractivity contribution is 6.14. The molecular formula is C33H34O5. The summed E-state index contributed by atoms with van der Waals surface area (Å²) in [6.07, 6.45) is 0. The van der Waals surface area contributed by atoms with Crippen LogP contribution in [0.15, 0.2) is 66.2 Å². The molecule has 1 heterocycles. The van der Waals surface area contributed by atoms with Crippen LogP contribution in [0.25, 0.3) is 38.4 Å². The van der Waals surface area contributed by atoms with Crippen molar-refractivity contribution in [3.05, 3.63) is 77.4 Å². The zero-order valence-corrected chi connectivity index (χ0v) is 23.1. The standard InChI is InChI=1S/C33H34O5/c1-32(2,3)30-29(38-18-33(30,4)5)23-14-10-13-22-21(23)15-16-25(34)26(22)27-20-12-9-8-11-19(20)17-24(28(27)36-6)31(35)37-7/h8-17,34H,18H2,1-7H3.